The Balaban J connectivity index is 2.92. The summed E-state index contributed by atoms with van der Waals surface area (Å²) in [5, 5.41) is 21.9. The van der Waals surface area contributed by atoms with Crippen molar-refractivity contribution in [2.24, 2.45) is 17.3 Å². The molecule has 3 atom stereocenters. The summed E-state index contributed by atoms with van der Waals surface area (Å²) in [6.07, 6.45) is 0.487. The summed E-state index contributed by atoms with van der Waals surface area (Å²) < 4.78 is 5.68. The molecule has 0 aromatic heterocycles. The molecular formula is C22H34N2O6. The highest BCUT2D eigenvalue weighted by molar-refractivity contribution is 5.89. The summed E-state index contributed by atoms with van der Waals surface area (Å²) in [6, 6.07) is 8.36. The van der Waals surface area contributed by atoms with Crippen molar-refractivity contribution in [1.82, 2.24) is 10.4 Å². The van der Waals surface area contributed by atoms with E-state index in [1.807, 2.05) is 39.0 Å². The molecule has 0 aliphatic rings. The van der Waals surface area contributed by atoms with Gasteiger partial charge in [0, 0.05) is 24.8 Å². The molecule has 0 aliphatic carbocycles. The number of amides is 2. The molecule has 168 valence electrons. The SMILES string of the molecule is C[C@@H]([C@@H](CCOc1ccccc1)C(=O)C[C@H](C(=O)NCCO)C(C)(C)C)N(O)C=O. The van der Waals surface area contributed by atoms with Gasteiger partial charge in [-0.15, -0.1) is 0 Å². The second-order valence-corrected chi connectivity index (χ2v) is 8.39. The zero-order valence-corrected chi connectivity index (χ0v) is 18.2. The molecule has 0 saturated carbocycles. The molecule has 2 amide bonds. The van der Waals surface area contributed by atoms with E-state index in [-0.39, 0.29) is 50.7 Å². The van der Waals surface area contributed by atoms with Crippen LogP contribution in [0.15, 0.2) is 30.3 Å². The highest BCUT2D eigenvalue weighted by Crippen LogP contribution is 2.31. The van der Waals surface area contributed by atoms with Gasteiger partial charge in [-0.1, -0.05) is 39.0 Å². The number of rotatable bonds is 13. The fourth-order valence-corrected chi connectivity index (χ4v) is 3.22. The lowest BCUT2D eigenvalue weighted by Crippen LogP contribution is -2.44. The van der Waals surface area contributed by atoms with E-state index in [4.69, 9.17) is 9.84 Å². The van der Waals surface area contributed by atoms with Crippen LogP contribution >= 0.6 is 0 Å². The van der Waals surface area contributed by atoms with Crippen molar-refractivity contribution in [2.45, 2.75) is 46.6 Å². The topological polar surface area (TPSA) is 116 Å². The first-order valence-electron chi connectivity index (χ1n) is 10.1. The minimum absolute atomic E-state index is 0.0478. The molecule has 1 rings (SSSR count). The fraction of sp³-hybridized carbons (Fsp3) is 0.591. The van der Waals surface area contributed by atoms with E-state index >= 15 is 0 Å². The number of Topliss-reactive ketones (excluding diaryl/α,β-unsaturated/α-hetero) is 1. The number of ether oxygens (including phenoxy) is 1. The van der Waals surface area contributed by atoms with Gasteiger partial charge in [-0.05, 0) is 30.9 Å². The van der Waals surface area contributed by atoms with Crippen LogP contribution in [-0.2, 0) is 14.4 Å². The first-order chi connectivity index (χ1) is 14.1. The standard InChI is InChI=1S/C22H34N2O6/c1-16(24(29)15-26)18(10-13-30-17-8-6-5-7-9-17)20(27)14-19(22(2,3)4)21(28)23-11-12-25/h5-9,15-16,18-19,25,29H,10-14H2,1-4H3,(H,23,28)/t16-,18+,19+/m0/s1. The molecule has 3 N–H and O–H groups in total. The van der Waals surface area contributed by atoms with Crippen molar-refractivity contribution < 1.29 is 29.4 Å². The molecule has 30 heavy (non-hydrogen) atoms. The van der Waals surface area contributed by atoms with Crippen LogP contribution in [0.3, 0.4) is 0 Å². The summed E-state index contributed by atoms with van der Waals surface area (Å²) >= 11 is 0. The average molecular weight is 423 g/mol. The normalized spacial score (nSPS) is 14.3. The van der Waals surface area contributed by atoms with Crippen LogP contribution in [0.4, 0.5) is 0 Å². The zero-order valence-electron chi connectivity index (χ0n) is 18.2. The van der Waals surface area contributed by atoms with Crippen LogP contribution in [0.5, 0.6) is 5.75 Å². The van der Waals surface area contributed by atoms with Gasteiger partial charge in [0.25, 0.3) is 0 Å². The fourth-order valence-electron chi connectivity index (χ4n) is 3.22. The van der Waals surface area contributed by atoms with Gasteiger partial charge in [0.2, 0.25) is 12.3 Å². The van der Waals surface area contributed by atoms with Gasteiger partial charge < -0.3 is 15.2 Å². The van der Waals surface area contributed by atoms with E-state index in [1.54, 1.807) is 19.1 Å². The van der Waals surface area contributed by atoms with E-state index in [1.165, 1.54) is 0 Å². The number of ketones is 1. The second-order valence-electron chi connectivity index (χ2n) is 8.39. The predicted octanol–water partition coefficient (Wildman–Crippen LogP) is 2.04. The second kappa shape index (κ2) is 12.3. The monoisotopic (exact) mass is 422 g/mol. The maximum absolute atomic E-state index is 13.1. The quantitative estimate of drug-likeness (QED) is 0.254. The van der Waals surface area contributed by atoms with Gasteiger partial charge in [0.05, 0.1) is 19.3 Å². The molecular weight excluding hydrogens is 388 g/mol. The molecule has 0 fully saturated rings. The number of hydroxylamine groups is 2. The molecule has 0 spiro atoms. The largest absolute Gasteiger partial charge is 0.494 e. The Morgan fingerprint density at radius 3 is 2.40 bits per heavy atom. The zero-order chi connectivity index (χ0) is 22.7. The van der Waals surface area contributed by atoms with Gasteiger partial charge in [-0.2, -0.15) is 0 Å². The number of benzene rings is 1. The first kappa shape index (κ1) is 25.6. The lowest BCUT2D eigenvalue weighted by Gasteiger charge is -2.32. The minimum atomic E-state index is -0.768. The Labute approximate surface area is 178 Å². The number of para-hydroxylation sites is 1. The van der Waals surface area contributed by atoms with Crippen LogP contribution in [-0.4, -0.2) is 59.3 Å². The third-order valence-electron chi connectivity index (χ3n) is 5.14. The lowest BCUT2D eigenvalue weighted by molar-refractivity contribution is -0.166. The van der Waals surface area contributed by atoms with Crippen molar-refractivity contribution in [3.8, 4) is 5.75 Å². The van der Waals surface area contributed by atoms with E-state index in [9.17, 15) is 19.6 Å². The first-order valence-corrected chi connectivity index (χ1v) is 10.1. The minimum Gasteiger partial charge on any atom is -0.494 e. The maximum Gasteiger partial charge on any atom is 0.233 e. The Bertz CT molecular complexity index is 674. The Hall–Kier alpha value is -2.45. The van der Waals surface area contributed by atoms with Crippen LogP contribution in [0.1, 0.15) is 40.5 Å². The number of carbonyl (C=O) groups excluding carboxylic acids is 3. The maximum atomic E-state index is 13.1. The molecule has 0 heterocycles. The summed E-state index contributed by atoms with van der Waals surface area (Å²) in [7, 11) is 0. The van der Waals surface area contributed by atoms with Gasteiger partial charge in [0.1, 0.15) is 11.5 Å². The number of hydrogen-bond acceptors (Lipinski definition) is 6. The number of hydrogen-bond donors (Lipinski definition) is 3. The van der Waals surface area contributed by atoms with Gasteiger partial charge in [-0.3, -0.25) is 19.6 Å². The third-order valence-corrected chi connectivity index (χ3v) is 5.14. The molecule has 8 nitrogen and oxygen atoms in total. The van der Waals surface area contributed by atoms with Crippen LogP contribution < -0.4 is 10.1 Å². The molecule has 0 radical (unpaired) electrons. The highest BCUT2D eigenvalue weighted by atomic mass is 16.5. The smallest absolute Gasteiger partial charge is 0.233 e. The van der Waals surface area contributed by atoms with E-state index < -0.39 is 23.3 Å². The van der Waals surface area contributed by atoms with Crippen molar-refractivity contribution in [1.29, 1.82) is 0 Å². The van der Waals surface area contributed by atoms with Gasteiger partial charge in [-0.25, -0.2) is 5.06 Å². The third kappa shape index (κ3) is 8.12. The summed E-state index contributed by atoms with van der Waals surface area (Å²) in [5.74, 6) is -1.22. The summed E-state index contributed by atoms with van der Waals surface area (Å²) in [6.45, 7) is 7.32. The van der Waals surface area contributed by atoms with Gasteiger partial charge in [0.15, 0.2) is 0 Å². The van der Waals surface area contributed by atoms with E-state index in [2.05, 4.69) is 5.32 Å². The molecule has 1 aromatic carbocycles. The molecule has 0 saturated heterocycles. The molecule has 1 aromatic rings. The predicted molar refractivity (Wildman–Crippen MR) is 112 cm³/mol. The molecule has 0 aliphatic heterocycles. The summed E-state index contributed by atoms with van der Waals surface area (Å²) in [5.41, 5.74) is -0.493. The number of aliphatic hydroxyl groups excluding tert-OH is 1. The number of carbonyl (C=O) groups is 3. The molecule has 8 heteroatoms. The number of nitrogens with zero attached hydrogens (tertiary/aromatic N) is 1. The lowest BCUT2D eigenvalue weighted by atomic mass is 9.75. The van der Waals surface area contributed by atoms with Crippen molar-refractivity contribution in [3.63, 3.8) is 0 Å². The average Bonchev–Trinajstić information content (AvgIpc) is 2.72. The Kier molecular flexibility index (Phi) is 10.5. The van der Waals surface area contributed by atoms with Crippen LogP contribution in [0, 0.1) is 17.3 Å². The van der Waals surface area contributed by atoms with Crippen molar-refractivity contribution in [2.75, 3.05) is 19.8 Å². The van der Waals surface area contributed by atoms with Crippen molar-refractivity contribution in [3.05, 3.63) is 30.3 Å². The number of aliphatic hydroxyl groups is 1. The summed E-state index contributed by atoms with van der Waals surface area (Å²) in [4.78, 5) is 36.7. The van der Waals surface area contributed by atoms with Crippen LogP contribution in [0.25, 0.3) is 0 Å². The van der Waals surface area contributed by atoms with Crippen LogP contribution in [0.2, 0.25) is 0 Å². The van der Waals surface area contributed by atoms with Gasteiger partial charge >= 0.3 is 0 Å². The Morgan fingerprint density at radius 2 is 1.87 bits per heavy atom. The molecule has 0 bridgehead atoms. The number of nitrogens with one attached hydrogen (secondary N) is 1. The molecule has 0 unspecified atom stereocenters. The highest BCUT2D eigenvalue weighted by Gasteiger charge is 2.37. The van der Waals surface area contributed by atoms with Crippen molar-refractivity contribution >= 4 is 18.1 Å². The van der Waals surface area contributed by atoms with E-state index in [0.29, 0.717) is 10.8 Å². The van der Waals surface area contributed by atoms with E-state index in [0.717, 1.165) is 0 Å². The Morgan fingerprint density at radius 1 is 1.23 bits per heavy atom.